The van der Waals surface area contributed by atoms with Gasteiger partial charge in [0.25, 0.3) is 5.65 Å². The van der Waals surface area contributed by atoms with E-state index in [1.807, 2.05) is 0 Å². The summed E-state index contributed by atoms with van der Waals surface area (Å²) in [4.78, 5) is 5.46. The second kappa shape index (κ2) is 8.33. The minimum absolute atomic E-state index is 0.610. The van der Waals surface area contributed by atoms with Crippen LogP contribution in [0, 0.1) is 6.92 Å². The van der Waals surface area contributed by atoms with Crippen LogP contribution in [0.3, 0.4) is 0 Å². The molecule has 0 saturated heterocycles. The van der Waals surface area contributed by atoms with Gasteiger partial charge in [0.15, 0.2) is 11.0 Å². The predicted octanol–water partition coefficient (Wildman–Crippen LogP) is 8.02. The molecule has 0 atom stereocenters. The van der Waals surface area contributed by atoms with Crippen molar-refractivity contribution in [3.63, 3.8) is 0 Å². The summed E-state index contributed by atoms with van der Waals surface area (Å²) in [7, 11) is 2.22. The Hall–Kier alpha value is -2.94. The second-order valence-electron chi connectivity index (χ2n) is 11.2. The van der Waals surface area contributed by atoms with Crippen LogP contribution in [0.1, 0.15) is 92.9 Å². The standard InChI is InChI=1S/C32H36N3/c1-21-19-26(23-13-7-4-8-14-23)33-31-25-18-17-24(22-11-5-3-6-12-22)20-29(25)35-28-16-10-9-15-27(28)34(2)32(35)30(21)31/h9-10,15-20,22-23H,3-8,11-14H2,1-2H3/q+1. The quantitative estimate of drug-likeness (QED) is 0.192. The van der Waals surface area contributed by atoms with E-state index in [9.17, 15) is 0 Å². The molecule has 2 aliphatic carbocycles. The zero-order valence-electron chi connectivity index (χ0n) is 21.2. The molecule has 2 aromatic carbocycles. The Morgan fingerprint density at radius 2 is 1.51 bits per heavy atom. The van der Waals surface area contributed by atoms with E-state index in [2.05, 4.69) is 71.5 Å². The van der Waals surface area contributed by atoms with Crippen LogP contribution in [-0.2, 0) is 7.05 Å². The minimum atomic E-state index is 0.610. The van der Waals surface area contributed by atoms with E-state index < -0.39 is 0 Å². The Morgan fingerprint density at radius 3 is 2.29 bits per heavy atom. The van der Waals surface area contributed by atoms with E-state index in [4.69, 9.17) is 4.98 Å². The maximum Gasteiger partial charge on any atom is 0.297 e. The molecule has 3 heterocycles. The molecule has 178 valence electrons. The summed E-state index contributed by atoms with van der Waals surface area (Å²) in [5.41, 5.74) is 10.5. The molecule has 0 aliphatic heterocycles. The largest absolute Gasteiger partial charge is 0.297 e. The number of fused-ring (bicyclic) bond motifs is 8. The number of nitrogens with zero attached hydrogens (tertiary/aromatic N) is 3. The molecule has 0 amide bonds. The highest BCUT2D eigenvalue weighted by molar-refractivity contribution is 6.12. The van der Waals surface area contributed by atoms with Gasteiger partial charge in [-0.2, -0.15) is 4.40 Å². The summed E-state index contributed by atoms with van der Waals surface area (Å²) in [5, 5.41) is 2.61. The van der Waals surface area contributed by atoms with Gasteiger partial charge < -0.3 is 0 Å². The molecule has 2 aliphatic rings. The molecule has 0 radical (unpaired) electrons. The van der Waals surface area contributed by atoms with Crippen LogP contribution in [0.15, 0.2) is 48.5 Å². The summed E-state index contributed by atoms with van der Waals surface area (Å²) in [6.45, 7) is 2.30. The highest BCUT2D eigenvalue weighted by atomic mass is 15.1. The van der Waals surface area contributed by atoms with Gasteiger partial charge in [0.2, 0.25) is 0 Å². The van der Waals surface area contributed by atoms with Gasteiger partial charge in [0.05, 0.1) is 18.0 Å². The SMILES string of the molecule is Cc1cc(C2CCCCC2)nc2c3ccc(C4CCCCC4)cc3n3c4ccccc4[n+](C)c3c12. The third-order valence-electron chi connectivity index (χ3n) is 9.09. The van der Waals surface area contributed by atoms with E-state index in [-0.39, 0.29) is 0 Å². The summed E-state index contributed by atoms with van der Waals surface area (Å²) in [5.74, 6) is 1.30. The smallest absolute Gasteiger partial charge is 0.251 e. The predicted molar refractivity (Wildman–Crippen MR) is 145 cm³/mol. The highest BCUT2D eigenvalue weighted by Crippen LogP contribution is 2.39. The van der Waals surface area contributed by atoms with Crippen molar-refractivity contribution in [3.05, 3.63) is 65.4 Å². The van der Waals surface area contributed by atoms with Gasteiger partial charge in [-0.3, -0.25) is 4.98 Å². The Balaban J connectivity index is 1.60. The maximum atomic E-state index is 5.46. The van der Waals surface area contributed by atoms with Gasteiger partial charge in [0, 0.05) is 17.0 Å². The minimum Gasteiger partial charge on any atom is -0.251 e. The lowest BCUT2D eigenvalue weighted by Gasteiger charge is -2.23. The van der Waals surface area contributed by atoms with Crippen LogP contribution in [0.4, 0.5) is 0 Å². The summed E-state index contributed by atoms with van der Waals surface area (Å²) >= 11 is 0. The number of hydrogen-bond acceptors (Lipinski definition) is 1. The zero-order chi connectivity index (χ0) is 23.5. The first-order valence-electron chi connectivity index (χ1n) is 13.9. The third kappa shape index (κ3) is 3.31. The number of aromatic nitrogens is 3. The van der Waals surface area contributed by atoms with Crippen LogP contribution in [0.25, 0.3) is 38.5 Å². The van der Waals surface area contributed by atoms with Crippen LogP contribution < -0.4 is 4.57 Å². The average molecular weight is 463 g/mol. The van der Waals surface area contributed by atoms with Crippen molar-refractivity contribution in [3.8, 4) is 0 Å². The maximum absolute atomic E-state index is 5.46. The van der Waals surface area contributed by atoms with Gasteiger partial charge in [-0.05, 0) is 80.0 Å². The fourth-order valence-electron chi connectivity index (χ4n) is 7.24. The molecule has 5 aromatic rings. The summed E-state index contributed by atoms with van der Waals surface area (Å²) in [6.07, 6.45) is 13.4. The average Bonchev–Trinajstić information content (AvgIpc) is 3.22. The van der Waals surface area contributed by atoms with Crippen molar-refractivity contribution in [1.29, 1.82) is 0 Å². The van der Waals surface area contributed by atoms with Crippen molar-refractivity contribution >= 4 is 38.5 Å². The van der Waals surface area contributed by atoms with E-state index in [1.54, 1.807) is 0 Å². The molecule has 3 nitrogen and oxygen atoms in total. The lowest BCUT2D eigenvalue weighted by Crippen LogP contribution is -2.27. The molecule has 0 spiro atoms. The van der Waals surface area contributed by atoms with Gasteiger partial charge in [-0.15, -0.1) is 0 Å². The van der Waals surface area contributed by atoms with Crippen molar-refractivity contribution in [2.75, 3.05) is 0 Å². The fraction of sp³-hybridized carbons (Fsp3) is 0.438. The Bertz CT molecular complexity index is 1580. The molecule has 2 fully saturated rings. The third-order valence-corrected chi connectivity index (χ3v) is 9.09. The second-order valence-corrected chi connectivity index (χ2v) is 11.2. The first-order chi connectivity index (χ1) is 17.2. The van der Waals surface area contributed by atoms with Crippen molar-refractivity contribution in [2.45, 2.75) is 83.0 Å². The number of rotatable bonds is 2. The van der Waals surface area contributed by atoms with Gasteiger partial charge in [-0.25, -0.2) is 4.57 Å². The lowest BCUT2D eigenvalue weighted by molar-refractivity contribution is -0.617. The van der Waals surface area contributed by atoms with Crippen LogP contribution in [0.5, 0.6) is 0 Å². The number of imidazole rings is 1. The van der Waals surface area contributed by atoms with E-state index in [0.717, 1.165) is 0 Å². The van der Waals surface area contributed by atoms with Crippen molar-refractivity contribution < 1.29 is 4.57 Å². The number of aryl methyl sites for hydroxylation is 2. The molecule has 0 unspecified atom stereocenters. The molecular weight excluding hydrogens is 426 g/mol. The first kappa shape index (κ1) is 21.4. The van der Waals surface area contributed by atoms with Gasteiger partial charge in [0.1, 0.15) is 5.52 Å². The zero-order valence-corrected chi connectivity index (χ0v) is 21.2. The Morgan fingerprint density at radius 1 is 0.800 bits per heavy atom. The molecule has 0 bridgehead atoms. The monoisotopic (exact) mass is 462 g/mol. The van der Waals surface area contributed by atoms with Crippen molar-refractivity contribution in [2.24, 2.45) is 7.05 Å². The molecular formula is C32H36N3+. The first-order valence-corrected chi connectivity index (χ1v) is 13.9. The van der Waals surface area contributed by atoms with Crippen LogP contribution in [0.2, 0.25) is 0 Å². The van der Waals surface area contributed by atoms with E-state index in [1.165, 1.54) is 120 Å². The topological polar surface area (TPSA) is 21.2 Å². The van der Waals surface area contributed by atoms with Gasteiger partial charge in [-0.1, -0.05) is 56.7 Å². The molecule has 3 heteroatoms. The van der Waals surface area contributed by atoms with E-state index in [0.29, 0.717) is 11.8 Å². The lowest BCUT2D eigenvalue weighted by atomic mass is 9.83. The molecule has 35 heavy (non-hydrogen) atoms. The normalized spacial score (nSPS) is 18.3. The number of benzene rings is 2. The Kier molecular flexibility index (Phi) is 5.08. The summed E-state index contributed by atoms with van der Waals surface area (Å²) in [6, 6.07) is 18.6. The number of hydrogen-bond donors (Lipinski definition) is 0. The molecule has 3 aromatic heterocycles. The highest BCUT2D eigenvalue weighted by Gasteiger charge is 2.27. The fourth-order valence-corrected chi connectivity index (χ4v) is 7.24. The molecule has 2 saturated carbocycles. The van der Waals surface area contributed by atoms with E-state index >= 15 is 0 Å². The Labute approximate surface area is 207 Å². The molecule has 7 rings (SSSR count). The molecule has 0 N–H and O–H groups in total. The van der Waals surface area contributed by atoms with Crippen LogP contribution >= 0.6 is 0 Å². The van der Waals surface area contributed by atoms with Gasteiger partial charge >= 0.3 is 0 Å². The van der Waals surface area contributed by atoms with Crippen LogP contribution in [-0.4, -0.2) is 9.38 Å². The number of pyridine rings is 2. The van der Waals surface area contributed by atoms with Crippen molar-refractivity contribution in [1.82, 2.24) is 9.38 Å². The number of para-hydroxylation sites is 2. The summed E-state index contributed by atoms with van der Waals surface area (Å²) < 4.78 is 4.91.